The van der Waals surface area contributed by atoms with Crippen molar-refractivity contribution in [3.05, 3.63) is 0 Å². The molecule has 0 amide bonds. The summed E-state index contributed by atoms with van der Waals surface area (Å²) in [6.45, 7) is 9.14. The fourth-order valence-electron chi connectivity index (χ4n) is 1.87. The fraction of sp³-hybridized carbons (Fsp3) is 1.00. The summed E-state index contributed by atoms with van der Waals surface area (Å²) in [5.74, 6) is 0.811. The van der Waals surface area contributed by atoms with E-state index >= 15 is 0 Å². The van der Waals surface area contributed by atoms with Crippen LogP contribution in [0.1, 0.15) is 20.3 Å². The highest BCUT2D eigenvalue weighted by molar-refractivity contribution is 4.75. The first-order chi connectivity index (χ1) is 6.22. The van der Waals surface area contributed by atoms with Crippen LogP contribution in [-0.4, -0.2) is 48.8 Å². The van der Waals surface area contributed by atoms with E-state index < -0.39 is 0 Å². The van der Waals surface area contributed by atoms with E-state index in [0.717, 1.165) is 38.6 Å². The lowest BCUT2D eigenvalue weighted by molar-refractivity contribution is 0.122. The Morgan fingerprint density at radius 2 is 2.38 bits per heavy atom. The van der Waals surface area contributed by atoms with E-state index in [1.54, 1.807) is 0 Å². The summed E-state index contributed by atoms with van der Waals surface area (Å²) in [7, 11) is 0. The summed E-state index contributed by atoms with van der Waals surface area (Å²) in [6, 6.07) is 0. The number of likely N-dealkylation sites (tertiary alicyclic amines) is 1. The molecule has 13 heavy (non-hydrogen) atoms. The van der Waals surface area contributed by atoms with Gasteiger partial charge in [-0.15, -0.1) is 0 Å². The normalized spacial score (nSPS) is 26.5. The molecule has 1 saturated heterocycles. The lowest BCUT2D eigenvalue weighted by Crippen LogP contribution is -2.37. The maximum Gasteiger partial charge on any atom is 0.0791 e. The van der Waals surface area contributed by atoms with Crippen molar-refractivity contribution < 1.29 is 5.11 Å². The highest BCUT2D eigenvalue weighted by Gasteiger charge is 2.20. The van der Waals surface area contributed by atoms with E-state index in [1.807, 2.05) is 0 Å². The second-order valence-corrected chi connectivity index (χ2v) is 4.11. The number of hydrogen-bond acceptors (Lipinski definition) is 3. The molecule has 0 aliphatic carbocycles. The van der Waals surface area contributed by atoms with Crippen molar-refractivity contribution in [1.29, 1.82) is 0 Å². The number of aliphatic hydroxyl groups is 1. The third kappa shape index (κ3) is 4.07. The third-order valence-corrected chi connectivity index (χ3v) is 2.61. The molecule has 1 fully saturated rings. The van der Waals surface area contributed by atoms with Gasteiger partial charge in [0.15, 0.2) is 0 Å². The molecule has 1 heterocycles. The highest BCUT2D eigenvalue weighted by Crippen LogP contribution is 2.14. The molecule has 0 bridgehead atoms. The molecular weight excluding hydrogens is 164 g/mol. The summed E-state index contributed by atoms with van der Waals surface area (Å²) in [5, 5.41) is 12.8. The maximum atomic E-state index is 9.62. The first kappa shape index (κ1) is 11.0. The number of rotatable bonds is 5. The summed E-state index contributed by atoms with van der Waals surface area (Å²) < 4.78 is 0. The lowest BCUT2D eigenvalue weighted by atomic mass is 10.2. The molecule has 0 aromatic rings. The van der Waals surface area contributed by atoms with E-state index in [9.17, 15) is 5.11 Å². The Kier molecular flexibility index (Phi) is 4.70. The van der Waals surface area contributed by atoms with E-state index in [2.05, 4.69) is 24.1 Å². The van der Waals surface area contributed by atoms with E-state index in [1.165, 1.54) is 6.42 Å². The zero-order chi connectivity index (χ0) is 9.68. The second-order valence-electron chi connectivity index (χ2n) is 4.11. The predicted octanol–water partition coefficient (Wildman–Crippen LogP) is 0.299. The monoisotopic (exact) mass is 186 g/mol. The van der Waals surface area contributed by atoms with Gasteiger partial charge in [0.1, 0.15) is 0 Å². The fourth-order valence-corrected chi connectivity index (χ4v) is 1.87. The van der Waals surface area contributed by atoms with Gasteiger partial charge in [0, 0.05) is 19.6 Å². The summed E-state index contributed by atoms with van der Waals surface area (Å²) >= 11 is 0. The Labute approximate surface area is 81.1 Å². The largest absolute Gasteiger partial charge is 0.390 e. The Morgan fingerprint density at radius 3 is 2.92 bits per heavy atom. The second kappa shape index (κ2) is 5.58. The van der Waals surface area contributed by atoms with Crippen molar-refractivity contribution in [3.63, 3.8) is 0 Å². The topological polar surface area (TPSA) is 35.5 Å². The van der Waals surface area contributed by atoms with Crippen molar-refractivity contribution in [2.24, 2.45) is 5.92 Å². The van der Waals surface area contributed by atoms with Gasteiger partial charge < -0.3 is 15.3 Å². The van der Waals surface area contributed by atoms with Crippen LogP contribution in [0.5, 0.6) is 0 Å². The number of nitrogens with one attached hydrogen (secondary N) is 1. The molecular formula is C10H22N2O. The molecule has 0 saturated carbocycles. The summed E-state index contributed by atoms with van der Waals surface area (Å²) in [6.07, 6.45) is 1.08. The Morgan fingerprint density at radius 1 is 1.62 bits per heavy atom. The molecule has 2 atom stereocenters. The summed E-state index contributed by atoms with van der Waals surface area (Å²) in [4.78, 5) is 2.35. The number of hydrogen-bond donors (Lipinski definition) is 2. The highest BCUT2D eigenvalue weighted by atomic mass is 16.3. The van der Waals surface area contributed by atoms with Crippen LogP contribution in [0.25, 0.3) is 0 Å². The van der Waals surface area contributed by atoms with Crippen LogP contribution >= 0.6 is 0 Å². The molecule has 0 radical (unpaired) electrons. The average Bonchev–Trinajstić information content (AvgIpc) is 2.48. The molecule has 78 valence electrons. The van der Waals surface area contributed by atoms with Crippen molar-refractivity contribution in [1.82, 2.24) is 10.2 Å². The first-order valence-electron chi connectivity index (χ1n) is 5.33. The zero-order valence-electron chi connectivity index (χ0n) is 8.79. The van der Waals surface area contributed by atoms with Crippen molar-refractivity contribution in [2.75, 3.05) is 32.7 Å². The molecule has 1 rings (SSSR count). The Bertz CT molecular complexity index is 141. The quantitative estimate of drug-likeness (QED) is 0.648. The van der Waals surface area contributed by atoms with Crippen LogP contribution in [0, 0.1) is 5.92 Å². The molecule has 2 unspecified atom stereocenters. The van der Waals surface area contributed by atoms with Gasteiger partial charge in [-0.25, -0.2) is 0 Å². The van der Waals surface area contributed by atoms with Gasteiger partial charge in [0.2, 0.25) is 0 Å². The molecule has 0 aromatic carbocycles. The minimum atomic E-state index is -0.203. The minimum Gasteiger partial charge on any atom is -0.390 e. The van der Waals surface area contributed by atoms with Crippen molar-refractivity contribution in [2.45, 2.75) is 26.4 Å². The van der Waals surface area contributed by atoms with Crippen LogP contribution in [0.15, 0.2) is 0 Å². The van der Waals surface area contributed by atoms with Crippen LogP contribution in [0.2, 0.25) is 0 Å². The molecule has 0 aromatic heterocycles. The van der Waals surface area contributed by atoms with Gasteiger partial charge in [-0.05, 0) is 25.4 Å². The number of nitrogens with zero attached hydrogens (tertiary/aromatic N) is 1. The Balaban J connectivity index is 2.09. The predicted molar refractivity (Wildman–Crippen MR) is 54.8 cm³/mol. The van der Waals surface area contributed by atoms with Crippen LogP contribution < -0.4 is 5.32 Å². The number of aliphatic hydroxyl groups excluding tert-OH is 1. The van der Waals surface area contributed by atoms with E-state index in [-0.39, 0.29) is 6.10 Å². The Hall–Kier alpha value is -0.120. The van der Waals surface area contributed by atoms with Gasteiger partial charge in [-0.1, -0.05) is 13.8 Å². The number of β-amino-alcohol motifs (C(OH)–C–C–N with tert-alkyl or cyclic N) is 1. The summed E-state index contributed by atoms with van der Waals surface area (Å²) in [5.41, 5.74) is 0. The molecule has 1 aliphatic rings. The van der Waals surface area contributed by atoms with Crippen LogP contribution in [0.3, 0.4) is 0 Å². The zero-order valence-corrected chi connectivity index (χ0v) is 8.79. The van der Waals surface area contributed by atoms with E-state index in [4.69, 9.17) is 0 Å². The van der Waals surface area contributed by atoms with Gasteiger partial charge in [0.05, 0.1) is 6.10 Å². The number of likely N-dealkylation sites (N-methyl/N-ethyl adjacent to an activating group) is 1. The molecule has 3 heteroatoms. The van der Waals surface area contributed by atoms with Gasteiger partial charge in [-0.3, -0.25) is 0 Å². The van der Waals surface area contributed by atoms with Crippen molar-refractivity contribution in [3.8, 4) is 0 Å². The molecule has 1 aliphatic heterocycles. The van der Waals surface area contributed by atoms with Gasteiger partial charge in [-0.2, -0.15) is 0 Å². The van der Waals surface area contributed by atoms with Gasteiger partial charge >= 0.3 is 0 Å². The average molecular weight is 186 g/mol. The smallest absolute Gasteiger partial charge is 0.0791 e. The first-order valence-corrected chi connectivity index (χ1v) is 5.33. The third-order valence-electron chi connectivity index (χ3n) is 2.61. The van der Waals surface area contributed by atoms with E-state index in [0.29, 0.717) is 0 Å². The lowest BCUT2D eigenvalue weighted by Gasteiger charge is -2.19. The van der Waals surface area contributed by atoms with Gasteiger partial charge in [0.25, 0.3) is 0 Å². The minimum absolute atomic E-state index is 0.203. The molecule has 0 spiro atoms. The van der Waals surface area contributed by atoms with Crippen LogP contribution in [0.4, 0.5) is 0 Å². The molecule has 2 N–H and O–H groups in total. The SMILES string of the molecule is CCNCC(O)CN1CCC(C)C1. The maximum absolute atomic E-state index is 9.62. The van der Waals surface area contributed by atoms with Crippen molar-refractivity contribution >= 4 is 0 Å². The standard InChI is InChI=1S/C10H22N2O/c1-3-11-6-10(13)8-12-5-4-9(2)7-12/h9-11,13H,3-8H2,1-2H3. The van der Waals surface area contributed by atoms with Crippen LogP contribution in [-0.2, 0) is 0 Å². The molecule has 3 nitrogen and oxygen atoms in total.